The van der Waals surface area contributed by atoms with E-state index in [9.17, 15) is 0 Å². The fourth-order valence-corrected chi connectivity index (χ4v) is 2.89. The molecule has 1 aromatic carbocycles. The van der Waals surface area contributed by atoms with Gasteiger partial charge in [-0.3, -0.25) is 4.99 Å². The van der Waals surface area contributed by atoms with Crippen LogP contribution in [0.2, 0.25) is 5.15 Å². The fourth-order valence-electron chi connectivity index (χ4n) is 2.31. The van der Waals surface area contributed by atoms with Crippen molar-refractivity contribution >= 4 is 57.5 Å². The molecule has 1 aromatic heterocycles. The summed E-state index contributed by atoms with van der Waals surface area (Å²) in [5, 5.41) is 7.07. The van der Waals surface area contributed by atoms with E-state index in [0.717, 1.165) is 28.6 Å². The van der Waals surface area contributed by atoms with Crippen LogP contribution in [-0.4, -0.2) is 38.8 Å². The molecule has 0 bridgehead atoms. The molecule has 0 saturated heterocycles. The third kappa shape index (κ3) is 7.34. The monoisotopic (exact) mass is 568 g/mol. The molecule has 0 fully saturated rings. The van der Waals surface area contributed by atoms with Gasteiger partial charge >= 0.3 is 0 Å². The maximum Gasteiger partial charge on any atom is 0.191 e. The number of methoxy groups -OCH3 is 2. The van der Waals surface area contributed by atoms with Gasteiger partial charge in [0.05, 0.1) is 14.2 Å². The molecule has 0 spiro atoms. The summed E-state index contributed by atoms with van der Waals surface area (Å²) in [4.78, 5) is 8.32. The topological polar surface area (TPSA) is 67.8 Å². The third-order valence-electron chi connectivity index (χ3n) is 3.72. The van der Waals surface area contributed by atoms with Crippen molar-refractivity contribution in [2.24, 2.45) is 4.99 Å². The highest BCUT2D eigenvalue weighted by atomic mass is 127. The van der Waals surface area contributed by atoms with E-state index < -0.39 is 0 Å². The lowest BCUT2D eigenvalue weighted by Crippen LogP contribution is -2.37. The summed E-state index contributed by atoms with van der Waals surface area (Å²) in [5.74, 6) is 2.08. The lowest BCUT2D eigenvalue weighted by molar-refractivity contribution is 0.354. The molecule has 27 heavy (non-hydrogen) atoms. The number of rotatable bonds is 7. The number of aliphatic imine (C=N–C) groups is 1. The molecule has 0 unspecified atom stereocenters. The van der Waals surface area contributed by atoms with Crippen molar-refractivity contribution < 1.29 is 9.47 Å². The van der Waals surface area contributed by atoms with Crippen molar-refractivity contribution in [3.05, 3.63) is 51.2 Å². The van der Waals surface area contributed by atoms with Gasteiger partial charge in [0, 0.05) is 30.8 Å². The molecule has 2 rings (SSSR count). The number of aromatic nitrogens is 1. The SMILES string of the molecule is CN=C(NCCc1ccc(Cl)nc1)NCc1cc(OC)c(OC)cc1Br.I. The van der Waals surface area contributed by atoms with Crippen molar-refractivity contribution in [2.45, 2.75) is 13.0 Å². The summed E-state index contributed by atoms with van der Waals surface area (Å²) in [6.07, 6.45) is 2.60. The first-order chi connectivity index (χ1) is 12.6. The molecule has 9 heteroatoms. The molecule has 0 amide bonds. The molecule has 2 N–H and O–H groups in total. The predicted molar refractivity (Wildman–Crippen MR) is 124 cm³/mol. The van der Waals surface area contributed by atoms with E-state index in [2.05, 4.69) is 36.5 Å². The normalized spacial score (nSPS) is 10.8. The standard InChI is InChI=1S/C18H22BrClN4O2.HI/c1-21-18(22-7-6-12-4-5-17(20)23-10-12)24-11-13-8-15(25-2)16(26-3)9-14(13)19;/h4-5,8-10H,6-7,11H2,1-3H3,(H2,21,22,24);1H. The number of guanidine groups is 1. The van der Waals surface area contributed by atoms with Crippen molar-refractivity contribution in [1.82, 2.24) is 15.6 Å². The molecule has 2 aromatic rings. The van der Waals surface area contributed by atoms with E-state index in [4.69, 9.17) is 21.1 Å². The Balaban J connectivity index is 0.00000364. The van der Waals surface area contributed by atoms with Gasteiger partial charge in [-0.1, -0.05) is 33.6 Å². The number of hydrogen-bond donors (Lipinski definition) is 2. The van der Waals surface area contributed by atoms with Crippen LogP contribution in [0.25, 0.3) is 0 Å². The molecule has 0 aliphatic heterocycles. The average Bonchev–Trinajstić information content (AvgIpc) is 2.66. The minimum absolute atomic E-state index is 0. The molecular weight excluding hydrogens is 546 g/mol. The Labute approximate surface area is 190 Å². The smallest absolute Gasteiger partial charge is 0.191 e. The van der Waals surface area contributed by atoms with Gasteiger partial charge < -0.3 is 20.1 Å². The zero-order chi connectivity index (χ0) is 18.9. The van der Waals surface area contributed by atoms with E-state index >= 15 is 0 Å². The number of nitrogens with zero attached hydrogens (tertiary/aromatic N) is 2. The fraction of sp³-hybridized carbons (Fsp3) is 0.333. The van der Waals surface area contributed by atoms with Gasteiger partial charge in [-0.2, -0.15) is 0 Å². The van der Waals surface area contributed by atoms with E-state index in [0.29, 0.717) is 29.2 Å². The minimum atomic E-state index is 0. The maximum absolute atomic E-state index is 5.79. The highest BCUT2D eigenvalue weighted by molar-refractivity contribution is 14.0. The van der Waals surface area contributed by atoms with Gasteiger partial charge in [0.25, 0.3) is 0 Å². The van der Waals surface area contributed by atoms with Gasteiger partial charge in [0.15, 0.2) is 17.5 Å². The minimum Gasteiger partial charge on any atom is -0.493 e. The molecule has 148 valence electrons. The van der Waals surface area contributed by atoms with Crippen LogP contribution in [-0.2, 0) is 13.0 Å². The van der Waals surface area contributed by atoms with Gasteiger partial charge in [0.2, 0.25) is 0 Å². The van der Waals surface area contributed by atoms with Crippen LogP contribution in [0.4, 0.5) is 0 Å². The van der Waals surface area contributed by atoms with E-state index in [1.807, 2.05) is 18.2 Å². The highest BCUT2D eigenvalue weighted by Crippen LogP contribution is 2.33. The van der Waals surface area contributed by atoms with Crippen LogP contribution in [0.5, 0.6) is 11.5 Å². The van der Waals surface area contributed by atoms with Gasteiger partial charge in [-0.25, -0.2) is 4.98 Å². The molecule has 0 saturated carbocycles. The second kappa shape index (κ2) is 12.2. The van der Waals surface area contributed by atoms with Crippen LogP contribution in [0.1, 0.15) is 11.1 Å². The Morgan fingerprint density at radius 2 is 1.89 bits per heavy atom. The van der Waals surface area contributed by atoms with Crippen LogP contribution in [0, 0.1) is 0 Å². The number of nitrogens with one attached hydrogen (secondary N) is 2. The average molecular weight is 570 g/mol. The first-order valence-electron chi connectivity index (χ1n) is 8.02. The van der Waals surface area contributed by atoms with Crippen molar-refractivity contribution in [3.63, 3.8) is 0 Å². The second-order valence-corrected chi connectivity index (χ2v) is 6.63. The van der Waals surface area contributed by atoms with E-state index in [-0.39, 0.29) is 24.0 Å². The summed E-state index contributed by atoms with van der Waals surface area (Å²) < 4.78 is 11.6. The highest BCUT2D eigenvalue weighted by Gasteiger charge is 2.10. The third-order valence-corrected chi connectivity index (χ3v) is 4.68. The summed E-state index contributed by atoms with van der Waals surface area (Å²) in [7, 11) is 4.97. The first-order valence-corrected chi connectivity index (χ1v) is 9.19. The number of benzene rings is 1. The van der Waals surface area contributed by atoms with E-state index in [1.165, 1.54) is 0 Å². The van der Waals surface area contributed by atoms with Gasteiger partial charge in [0.1, 0.15) is 5.15 Å². The zero-order valence-corrected chi connectivity index (χ0v) is 20.1. The Hall–Kier alpha value is -1.26. The van der Waals surface area contributed by atoms with Crippen LogP contribution in [0.3, 0.4) is 0 Å². The molecule has 1 heterocycles. The van der Waals surface area contributed by atoms with E-state index in [1.54, 1.807) is 33.5 Å². The summed E-state index contributed by atoms with van der Waals surface area (Å²) in [6.45, 7) is 1.32. The lowest BCUT2D eigenvalue weighted by atomic mass is 10.2. The van der Waals surface area contributed by atoms with Gasteiger partial charge in [-0.15, -0.1) is 24.0 Å². The van der Waals surface area contributed by atoms with Crippen molar-refractivity contribution in [1.29, 1.82) is 0 Å². The Morgan fingerprint density at radius 3 is 2.48 bits per heavy atom. The number of halogens is 3. The molecule has 0 radical (unpaired) electrons. The van der Waals surface area contributed by atoms with Crippen LogP contribution in [0.15, 0.2) is 39.9 Å². The van der Waals surface area contributed by atoms with Gasteiger partial charge in [-0.05, 0) is 35.7 Å². The first kappa shape index (κ1) is 23.8. The number of ether oxygens (including phenoxy) is 2. The van der Waals surface area contributed by atoms with Crippen molar-refractivity contribution in [3.8, 4) is 11.5 Å². The molecular formula is C18H23BrClIN4O2. The maximum atomic E-state index is 5.79. The Kier molecular flexibility index (Phi) is 10.8. The molecule has 0 atom stereocenters. The second-order valence-electron chi connectivity index (χ2n) is 5.39. The van der Waals surface area contributed by atoms with Crippen LogP contribution < -0.4 is 20.1 Å². The Morgan fingerprint density at radius 1 is 1.19 bits per heavy atom. The Bertz CT molecular complexity index is 760. The largest absolute Gasteiger partial charge is 0.493 e. The zero-order valence-electron chi connectivity index (χ0n) is 15.4. The predicted octanol–water partition coefficient (Wildman–Crippen LogP) is 4.04. The number of pyridine rings is 1. The summed E-state index contributed by atoms with van der Waals surface area (Å²) in [5.41, 5.74) is 2.15. The van der Waals surface area contributed by atoms with Crippen molar-refractivity contribution in [2.75, 3.05) is 27.8 Å². The van der Waals surface area contributed by atoms with Crippen LogP contribution >= 0.6 is 51.5 Å². The molecule has 6 nitrogen and oxygen atoms in total. The molecule has 0 aliphatic carbocycles. The summed E-state index contributed by atoms with van der Waals surface area (Å²) in [6, 6.07) is 7.58. The number of hydrogen-bond acceptors (Lipinski definition) is 4. The summed E-state index contributed by atoms with van der Waals surface area (Å²) >= 11 is 9.35. The molecule has 0 aliphatic rings. The lowest BCUT2D eigenvalue weighted by Gasteiger charge is -2.15. The quantitative estimate of drug-likeness (QED) is 0.228.